The normalized spacial score (nSPS) is 15.7. The summed E-state index contributed by atoms with van der Waals surface area (Å²) in [5.74, 6) is 2.82. The molecule has 0 amide bonds. The Balaban J connectivity index is 0.00000162. The number of aryl methyl sites for hydroxylation is 1. The molecule has 1 aromatic rings. The number of hydrogen-bond acceptors (Lipinski definition) is 3. The monoisotopic (exact) mass is 364 g/mol. The fourth-order valence-electron chi connectivity index (χ4n) is 2.02. The van der Waals surface area contributed by atoms with Gasteiger partial charge in [0.15, 0.2) is 11.8 Å². The molecule has 0 aliphatic carbocycles. The SMILES string of the molecule is CN=C(NCc1nnc(C)n1C)N1CCCC1.I. The second-order valence-electron chi connectivity index (χ2n) is 4.32. The third-order valence-corrected chi connectivity index (χ3v) is 3.20. The third-order valence-electron chi connectivity index (χ3n) is 3.20. The Morgan fingerprint density at radius 1 is 1.33 bits per heavy atom. The number of nitrogens with one attached hydrogen (secondary N) is 1. The van der Waals surface area contributed by atoms with Crippen LogP contribution in [0.1, 0.15) is 24.5 Å². The van der Waals surface area contributed by atoms with Crippen molar-refractivity contribution in [3.05, 3.63) is 11.6 Å². The van der Waals surface area contributed by atoms with Gasteiger partial charge in [0, 0.05) is 27.2 Å². The van der Waals surface area contributed by atoms with Crippen molar-refractivity contribution in [2.75, 3.05) is 20.1 Å². The van der Waals surface area contributed by atoms with Gasteiger partial charge in [-0.05, 0) is 19.8 Å². The number of aromatic nitrogens is 3. The largest absolute Gasteiger partial charge is 0.349 e. The predicted octanol–water partition coefficient (Wildman–Crippen LogP) is 0.913. The van der Waals surface area contributed by atoms with Gasteiger partial charge in [0.05, 0.1) is 6.54 Å². The molecule has 18 heavy (non-hydrogen) atoms. The molecule has 0 bridgehead atoms. The molecule has 1 aliphatic rings. The molecule has 102 valence electrons. The fraction of sp³-hybridized carbons (Fsp3) is 0.727. The van der Waals surface area contributed by atoms with E-state index in [1.165, 1.54) is 12.8 Å². The van der Waals surface area contributed by atoms with E-state index in [-0.39, 0.29) is 24.0 Å². The molecule has 1 aliphatic heterocycles. The number of hydrogen-bond donors (Lipinski definition) is 1. The Kier molecular flexibility index (Phi) is 5.83. The van der Waals surface area contributed by atoms with Gasteiger partial charge in [-0.2, -0.15) is 0 Å². The molecule has 1 saturated heterocycles. The maximum Gasteiger partial charge on any atom is 0.194 e. The van der Waals surface area contributed by atoms with Crippen LogP contribution in [0.5, 0.6) is 0 Å². The summed E-state index contributed by atoms with van der Waals surface area (Å²) in [4.78, 5) is 6.58. The van der Waals surface area contributed by atoms with E-state index in [0.717, 1.165) is 30.7 Å². The summed E-state index contributed by atoms with van der Waals surface area (Å²) in [6, 6.07) is 0. The van der Waals surface area contributed by atoms with Crippen molar-refractivity contribution < 1.29 is 0 Å². The number of likely N-dealkylation sites (tertiary alicyclic amines) is 1. The van der Waals surface area contributed by atoms with Crippen LogP contribution in [-0.2, 0) is 13.6 Å². The lowest BCUT2D eigenvalue weighted by molar-refractivity contribution is 0.491. The zero-order valence-electron chi connectivity index (χ0n) is 11.2. The van der Waals surface area contributed by atoms with Crippen molar-refractivity contribution >= 4 is 29.9 Å². The lowest BCUT2D eigenvalue weighted by Gasteiger charge is -2.20. The highest BCUT2D eigenvalue weighted by Gasteiger charge is 2.16. The maximum atomic E-state index is 4.30. The Bertz CT molecular complexity index is 408. The van der Waals surface area contributed by atoms with Gasteiger partial charge in [-0.15, -0.1) is 34.2 Å². The van der Waals surface area contributed by atoms with Crippen LogP contribution in [0, 0.1) is 6.92 Å². The van der Waals surface area contributed by atoms with E-state index in [4.69, 9.17) is 0 Å². The standard InChI is InChI=1S/C11H20N6.HI/c1-9-14-15-10(16(9)3)8-13-11(12-2)17-6-4-5-7-17;/h4-8H2,1-3H3,(H,12,13);1H. The van der Waals surface area contributed by atoms with Crippen molar-refractivity contribution in [3.63, 3.8) is 0 Å². The molecule has 0 unspecified atom stereocenters. The zero-order chi connectivity index (χ0) is 12.3. The molecule has 0 radical (unpaired) electrons. The second kappa shape index (κ2) is 6.91. The first kappa shape index (κ1) is 15.2. The van der Waals surface area contributed by atoms with Gasteiger partial charge in [0.2, 0.25) is 0 Å². The first-order chi connectivity index (χ1) is 8.22. The van der Waals surface area contributed by atoms with Crippen LogP contribution in [0.25, 0.3) is 0 Å². The minimum atomic E-state index is 0. The maximum absolute atomic E-state index is 4.30. The van der Waals surface area contributed by atoms with Crippen LogP contribution >= 0.6 is 24.0 Å². The average molecular weight is 364 g/mol. The van der Waals surface area contributed by atoms with Gasteiger partial charge in [-0.25, -0.2) is 0 Å². The van der Waals surface area contributed by atoms with E-state index in [2.05, 4.69) is 25.4 Å². The molecular weight excluding hydrogens is 343 g/mol. The highest BCUT2D eigenvalue weighted by molar-refractivity contribution is 14.0. The molecule has 1 N–H and O–H groups in total. The van der Waals surface area contributed by atoms with Gasteiger partial charge in [-0.3, -0.25) is 4.99 Å². The Morgan fingerprint density at radius 2 is 2.00 bits per heavy atom. The molecule has 0 spiro atoms. The van der Waals surface area contributed by atoms with Crippen molar-refractivity contribution in [1.29, 1.82) is 0 Å². The van der Waals surface area contributed by atoms with Gasteiger partial charge >= 0.3 is 0 Å². The molecule has 1 aromatic heterocycles. The van der Waals surface area contributed by atoms with E-state index in [0.29, 0.717) is 6.54 Å². The predicted molar refractivity (Wildman–Crippen MR) is 82.2 cm³/mol. The topological polar surface area (TPSA) is 58.3 Å². The summed E-state index contributed by atoms with van der Waals surface area (Å²) >= 11 is 0. The highest BCUT2D eigenvalue weighted by atomic mass is 127. The van der Waals surface area contributed by atoms with Crippen molar-refractivity contribution in [2.45, 2.75) is 26.3 Å². The number of aliphatic imine (C=N–C) groups is 1. The summed E-state index contributed by atoms with van der Waals surface area (Å²) in [5.41, 5.74) is 0. The molecule has 7 heteroatoms. The van der Waals surface area contributed by atoms with Crippen molar-refractivity contribution in [1.82, 2.24) is 25.0 Å². The molecule has 2 rings (SSSR count). The van der Waals surface area contributed by atoms with Crippen LogP contribution in [0.3, 0.4) is 0 Å². The first-order valence-corrected chi connectivity index (χ1v) is 6.03. The Hall–Kier alpha value is -0.860. The van der Waals surface area contributed by atoms with Crippen molar-refractivity contribution in [2.24, 2.45) is 12.0 Å². The van der Waals surface area contributed by atoms with Crippen LogP contribution in [0.4, 0.5) is 0 Å². The minimum Gasteiger partial charge on any atom is -0.349 e. The van der Waals surface area contributed by atoms with E-state index >= 15 is 0 Å². The zero-order valence-corrected chi connectivity index (χ0v) is 13.5. The van der Waals surface area contributed by atoms with Crippen molar-refractivity contribution in [3.8, 4) is 0 Å². The van der Waals surface area contributed by atoms with Gasteiger partial charge in [-0.1, -0.05) is 0 Å². The van der Waals surface area contributed by atoms with E-state index in [1.807, 2.05) is 25.6 Å². The molecule has 6 nitrogen and oxygen atoms in total. The molecule has 0 aromatic carbocycles. The first-order valence-electron chi connectivity index (χ1n) is 6.03. The summed E-state index contributed by atoms with van der Waals surface area (Å²) in [5, 5.41) is 11.5. The van der Waals surface area contributed by atoms with Gasteiger partial charge in [0.1, 0.15) is 5.82 Å². The fourth-order valence-corrected chi connectivity index (χ4v) is 2.02. The van der Waals surface area contributed by atoms with E-state index in [1.54, 1.807) is 0 Å². The Labute approximate surface area is 125 Å². The van der Waals surface area contributed by atoms with Crippen LogP contribution in [0.15, 0.2) is 4.99 Å². The molecule has 1 fully saturated rings. The number of guanidine groups is 1. The van der Waals surface area contributed by atoms with Gasteiger partial charge < -0.3 is 14.8 Å². The molecule has 0 saturated carbocycles. The van der Waals surface area contributed by atoms with E-state index in [9.17, 15) is 0 Å². The van der Waals surface area contributed by atoms with E-state index < -0.39 is 0 Å². The van der Waals surface area contributed by atoms with Crippen LogP contribution in [0.2, 0.25) is 0 Å². The second-order valence-corrected chi connectivity index (χ2v) is 4.32. The highest BCUT2D eigenvalue weighted by Crippen LogP contribution is 2.07. The summed E-state index contributed by atoms with van der Waals surface area (Å²) in [6.45, 7) is 4.81. The van der Waals surface area contributed by atoms with Gasteiger partial charge in [0.25, 0.3) is 0 Å². The quantitative estimate of drug-likeness (QED) is 0.482. The third kappa shape index (κ3) is 3.33. The minimum absolute atomic E-state index is 0. The summed E-state index contributed by atoms with van der Waals surface area (Å²) in [7, 11) is 3.80. The number of nitrogens with zero attached hydrogens (tertiary/aromatic N) is 5. The number of rotatable bonds is 2. The van der Waals surface area contributed by atoms with Crippen LogP contribution < -0.4 is 5.32 Å². The van der Waals surface area contributed by atoms with Crippen LogP contribution in [-0.4, -0.2) is 45.8 Å². The summed E-state index contributed by atoms with van der Waals surface area (Å²) < 4.78 is 1.99. The molecule has 0 atom stereocenters. The lowest BCUT2D eigenvalue weighted by Crippen LogP contribution is -2.39. The molecular formula is C11H21IN6. The Morgan fingerprint density at radius 3 is 2.50 bits per heavy atom. The molecule has 2 heterocycles. The smallest absolute Gasteiger partial charge is 0.194 e. The lowest BCUT2D eigenvalue weighted by atomic mass is 10.4. The number of halogens is 1. The average Bonchev–Trinajstić information content (AvgIpc) is 2.95. The summed E-state index contributed by atoms with van der Waals surface area (Å²) in [6.07, 6.45) is 2.51.